The molecule has 0 unspecified atom stereocenters. The quantitative estimate of drug-likeness (QED) is 0.102. The van der Waals surface area contributed by atoms with E-state index in [4.69, 9.17) is 14.2 Å². The van der Waals surface area contributed by atoms with Crippen molar-refractivity contribution in [3.05, 3.63) is 87.9 Å². The fraction of sp³-hybridized carbons (Fsp3) is 0.364. The summed E-state index contributed by atoms with van der Waals surface area (Å²) in [7, 11) is 1.28. The number of methoxy groups -OCH3 is 1. The predicted molar refractivity (Wildman–Crippen MR) is 168 cm³/mol. The Morgan fingerprint density at radius 3 is 2.48 bits per heavy atom. The number of aromatic nitrogens is 1. The number of aliphatic hydroxyl groups is 1. The smallest absolute Gasteiger partial charge is 0.337 e. The van der Waals surface area contributed by atoms with Crippen LogP contribution in [0.3, 0.4) is 0 Å². The maximum Gasteiger partial charge on any atom is 0.337 e. The predicted octanol–water partition coefficient (Wildman–Crippen LogP) is 4.74. The highest BCUT2D eigenvalue weighted by molar-refractivity contribution is 5.95. The van der Waals surface area contributed by atoms with Crippen molar-refractivity contribution in [2.75, 3.05) is 20.3 Å². The number of urea groups is 1. The Hall–Kier alpha value is -4.77. The Morgan fingerprint density at radius 1 is 1.09 bits per heavy atom. The largest absolute Gasteiger partial charge is 0.490 e. The minimum Gasteiger partial charge on any atom is -0.490 e. The summed E-state index contributed by atoms with van der Waals surface area (Å²) in [6.45, 7) is 12.1. The van der Waals surface area contributed by atoms with Crippen LogP contribution in [-0.2, 0) is 9.53 Å². The van der Waals surface area contributed by atoms with Crippen LogP contribution < -0.4 is 25.5 Å². The van der Waals surface area contributed by atoms with Gasteiger partial charge in [-0.25, -0.2) is 9.59 Å². The number of hydrogen-bond donors (Lipinski definition) is 4. The average Bonchev–Trinajstić information content (AvgIpc) is 3.28. The summed E-state index contributed by atoms with van der Waals surface area (Å²) in [6.07, 6.45) is 0.569. The molecule has 0 saturated carbocycles. The molecule has 0 fully saturated rings. The highest BCUT2D eigenvalue weighted by Gasteiger charge is 2.32. The first kappa shape index (κ1) is 32.2. The van der Waals surface area contributed by atoms with Gasteiger partial charge in [-0.1, -0.05) is 32.0 Å². The van der Waals surface area contributed by atoms with E-state index in [2.05, 4.69) is 63.8 Å². The lowest BCUT2D eigenvalue weighted by Gasteiger charge is -2.28. The van der Waals surface area contributed by atoms with E-state index in [1.807, 2.05) is 26.8 Å². The second-order valence-electron chi connectivity index (χ2n) is 10.8. The molecule has 234 valence electrons. The molecular formula is C33H41N5O6. The van der Waals surface area contributed by atoms with E-state index in [9.17, 15) is 14.7 Å². The fourth-order valence-electron chi connectivity index (χ4n) is 5.14. The normalized spacial score (nSPS) is 15.7. The van der Waals surface area contributed by atoms with Crippen molar-refractivity contribution in [3.8, 4) is 17.2 Å². The Balaban J connectivity index is 1.42. The third-order valence-corrected chi connectivity index (χ3v) is 7.39. The van der Waals surface area contributed by atoms with Crippen LogP contribution in [0.15, 0.2) is 64.9 Å². The van der Waals surface area contributed by atoms with Gasteiger partial charge in [0, 0.05) is 28.3 Å². The summed E-state index contributed by atoms with van der Waals surface area (Å²) in [5, 5.41) is 20.1. The number of amides is 2. The first-order chi connectivity index (χ1) is 21.0. The molecule has 2 atom stereocenters. The molecule has 1 aromatic heterocycles. The van der Waals surface area contributed by atoms with E-state index in [-0.39, 0.29) is 12.2 Å². The van der Waals surface area contributed by atoms with Gasteiger partial charge >= 0.3 is 12.0 Å². The Kier molecular flexibility index (Phi) is 10.3. The molecule has 4 rings (SSSR count). The number of hydrazone groups is 1. The zero-order valence-electron chi connectivity index (χ0n) is 26.2. The molecule has 0 radical (unpaired) electrons. The number of esters is 1. The summed E-state index contributed by atoms with van der Waals surface area (Å²) in [5.74, 6) is 0.685. The van der Waals surface area contributed by atoms with Gasteiger partial charge in [-0.15, -0.1) is 0 Å². The molecule has 0 saturated heterocycles. The number of carbonyl (C=O) groups excluding carboxylic acids is 2. The molecule has 11 heteroatoms. The number of aliphatic hydroxyl groups excluding tert-OH is 1. The number of benzene rings is 2. The molecule has 2 aromatic carbocycles. The van der Waals surface area contributed by atoms with Crippen molar-refractivity contribution in [1.82, 2.24) is 20.6 Å². The number of nitrogens with one attached hydrogen (secondary N) is 3. The number of rotatable bonds is 12. The molecule has 1 aliphatic rings. The Bertz CT molecular complexity index is 1560. The van der Waals surface area contributed by atoms with Gasteiger partial charge in [-0.3, -0.25) is 5.43 Å². The van der Waals surface area contributed by atoms with E-state index >= 15 is 0 Å². The summed E-state index contributed by atoms with van der Waals surface area (Å²) >= 11 is 0. The number of hydrogen-bond acceptors (Lipinski definition) is 8. The number of carbonyl (C=O) groups is 2. The molecule has 3 aromatic rings. The van der Waals surface area contributed by atoms with E-state index in [0.29, 0.717) is 35.3 Å². The monoisotopic (exact) mass is 603 g/mol. The van der Waals surface area contributed by atoms with Crippen LogP contribution in [0.5, 0.6) is 11.5 Å². The zero-order chi connectivity index (χ0) is 32.0. The molecule has 4 N–H and O–H groups in total. The van der Waals surface area contributed by atoms with Gasteiger partial charge in [-0.05, 0) is 75.1 Å². The highest BCUT2D eigenvalue weighted by Crippen LogP contribution is 2.35. The van der Waals surface area contributed by atoms with E-state index < -0.39 is 24.3 Å². The average molecular weight is 604 g/mol. The maximum atomic E-state index is 12.5. The fourth-order valence-corrected chi connectivity index (χ4v) is 5.14. The first-order valence-corrected chi connectivity index (χ1v) is 14.6. The van der Waals surface area contributed by atoms with E-state index in [1.165, 1.54) is 12.7 Å². The highest BCUT2D eigenvalue weighted by atomic mass is 16.5. The van der Waals surface area contributed by atoms with Gasteiger partial charge in [0.05, 0.1) is 31.5 Å². The van der Waals surface area contributed by atoms with Crippen molar-refractivity contribution in [1.29, 1.82) is 0 Å². The lowest BCUT2D eigenvalue weighted by molar-refractivity contribution is -0.136. The summed E-state index contributed by atoms with van der Waals surface area (Å²) in [5.41, 5.74) is 9.39. The van der Waals surface area contributed by atoms with Crippen LogP contribution in [0, 0.1) is 13.8 Å². The molecule has 2 amide bonds. The van der Waals surface area contributed by atoms with Gasteiger partial charge in [0.15, 0.2) is 17.7 Å². The van der Waals surface area contributed by atoms with Gasteiger partial charge in [0.2, 0.25) is 0 Å². The summed E-state index contributed by atoms with van der Waals surface area (Å²) < 4.78 is 18.7. The van der Waals surface area contributed by atoms with Crippen LogP contribution >= 0.6 is 0 Å². The van der Waals surface area contributed by atoms with Crippen molar-refractivity contribution < 1.29 is 28.9 Å². The first-order valence-electron chi connectivity index (χ1n) is 14.6. The second kappa shape index (κ2) is 14.1. The SMILES string of the molecule is CCOc1cc([C@H]2NC(=O)NC(C)=C2C(=O)OC)ccc1OC[C@H](O)N/N=C\c1cc(C)n(-c2ccc(C(C)C)cc2)c1C. The minimum absolute atomic E-state index is 0.117. The van der Waals surface area contributed by atoms with Gasteiger partial charge in [0.1, 0.15) is 6.61 Å². The molecule has 1 aliphatic heterocycles. The van der Waals surface area contributed by atoms with Crippen molar-refractivity contribution in [2.45, 2.75) is 59.7 Å². The Labute approximate surface area is 257 Å². The Morgan fingerprint density at radius 2 is 1.82 bits per heavy atom. The van der Waals surface area contributed by atoms with Gasteiger partial charge in [0.25, 0.3) is 0 Å². The molecule has 0 spiro atoms. The van der Waals surface area contributed by atoms with Crippen molar-refractivity contribution >= 4 is 18.2 Å². The molecular weight excluding hydrogens is 562 g/mol. The molecule has 44 heavy (non-hydrogen) atoms. The topological polar surface area (TPSA) is 135 Å². The standard InChI is InChI=1S/C33H41N5O6/c1-8-43-28-16-24(31-30(32(40)42-7)21(5)35-33(41)36-31)11-14-27(28)44-18-29(39)37-34-17-25-15-20(4)38(22(25)6)26-12-9-23(10-13-26)19(2)3/h9-17,19,29,31,37,39H,8,18H2,1-7H3,(H2,35,36,41)/b34-17-/t29-,31+/m0/s1. The summed E-state index contributed by atoms with van der Waals surface area (Å²) in [4.78, 5) is 24.6. The van der Waals surface area contributed by atoms with Crippen molar-refractivity contribution in [3.63, 3.8) is 0 Å². The van der Waals surface area contributed by atoms with Crippen LogP contribution in [0.1, 0.15) is 67.7 Å². The lowest BCUT2D eigenvalue weighted by atomic mass is 9.95. The van der Waals surface area contributed by atoms with Gasteiger partial charge < -0.3 is 34.5 Å². The maximum absolute atomic E-state index is 12.5. The van der Waals surface area contributed by atoms with E-state index in [0.717, 1.165) is 22.6 Å². The van der Waals surface area contributed by atoms with Crippen LogP contribution in [0.4, 0.5) is 4.79 Å². The third-order valence-electron chi connectivity index (χ3n) is 7.39. The lowest BCUT2D eigenvalue weighted by Crippen LogP contribution is -2.45. The number of aryl methyl sites for hydroxylation is 1. The van der Waals surface area contributed by atoms with Crippen LogP contribution in [0.2, 0.25) is 0 Å². The second-order valence-corrected chi connectivity index (χ2v) is 10.8. The molecule has 2 heterocycles. The minimum atomic E-state index is -1.10. The zero-order valence-corrected chi connectivity index (χ0v) is 26.2. The summed E-state index contributed by atoms with van der Waals surface area (Å²) in [6, 6.07) is 14.5. The van der Waals surface area contributed by atoms with E-state index in [1.54, 1.807) is 31.3 Å². The van der Waals surface area contributed by atoms with Gasteiger partial charge in [-0.2, -0.15) is 5.10 Å². The van der Waals surface area contributed by atoms with Crippen LogP contribution in [0.25, 0.3) is 5.69 Å². The molecule has 11 nitrogen and oxygen atoms in total. The van der Waals surface area contributed by atoms with Crippen LogP contribution in [-0.4, -0.2) is 54.4 Å². The number of nitrogens with zero attached hydrogens (tertiary/aromatic N) is 2. The van der Waals surface area contributed by atoms with Crippen molar-refractivity contribution in [2.24, 2.45) is 5.10 Å². The molecule has 0 aliphatic carbocycles. The number of allylic oxidation sites excluding steroid dienone is 1. The third kappa shape index (κ3) is 7.23. The molecule has 0 bridgehead atoms. The number of ether oxygens (including phenoxy) is 3.